The lowest BCUT2D eigenvalue weighted by Gasteiger charge is -2.18. The zero-order chi connectivity index (χ0) is 17.1. The molecule has 0 amide bonds. The Balaban J connectivity index is 2.23. The van der Waals surface area contributed by atoms with Crippen molar-refractivity contribution in [2.45, 2.75) is 45.6 Å². The van der Waals surface area contributed by atoms with E-state index in [0.29, 0.717) is 12.0 Å². The predicted molar refractivity (Wildman–Crippen MR) is 81.3 cm³/mol. The highest BCUT2D eigenvalue weighted by atomic mass is 32.1. The number of ether oxygens (including phenoxy) is 3. The molecule has 0 aromatic carbocycles. The summed E-state index contributed by atoms with van der Waals surface area (Å²) < 4.78 is 17.8. The average molecular weight is 342 g/mol. The molecule has 1 aliphatic heterocycles. The summed E-state index contributed by atoms with van der Waals surface area (Å²) in [6, 6.07) is 0. The number of carbonyl (C=O) groups excluding carboxylic acids is 2. The van der Waals surface area contributed by atoms with Crippen LogP contribution in [0, 0.1) is 11.7 Å². The number of esters is 2. The molecular weight excluding hydrogens is 324 g/mol. The molecule has 1 saturated heterocycles. The molecule has 1 fully saturated rings. The van der Waals surface area contributed by atoms with Gasteiger partial charge < -0.3 is 14.2 Å². The average Bonchev–Trinajstić information content (AvgIpc) is 2.82. The minimum Gasteiger partial charge on any atom is -0.463 e. The van der Waals surface area contributed by atoms with Gasteiger partial charge in [-0.1, -0.05) is 0 Å². The van der Waals surface area contributed by atoms with E-state index in [2.05, 4.69) is 4.98 Å². The van der Waals surface area contributed by atoms with Gasteiger partial charge in [0, 0.05) is 32.0 Å². The van der Waals surface area contributed by atoms with Crippen molar-refractivity contribution in [2.75, 3.05) is 6.61 Å². The van der Waals surface area contributed by atoms with E-state index >= 15 is 0 Å². The summed E-state index contributed by atoms with van der Waals surface area (Å²) in [6.07, 6.45) is 0.242. The van der Waals surface area contributed by atoms with Gasteiger partial charge in [-0.25, -0.2) is 0 Å². The van der Waals surface area contributed by atoms with Crippen LogP contribution in [0.15, 0.2) is 11.0 Å². The molecule has 0 unspecified atom stereocenters. The summed E-state index contributed by atoms with van der Waals surface area (Å²) in [4.78, 5) is 36.3. The molecule has 1 aromatic rings. The standard InChI is InChI=1S/C14H18N2O6S/c1-7-5-16(14(23)15-13(7)19)12-4-10(21-9(3)18)11(22-12)6-20-8(2)17/h5,10-12H,4,6H2,1-3H3,(H,15,19,23)/t10-,11+,12+/m0/s1. The second-order valence-corrected chi connectivity index (χ2v) is 5.68. The fourth-order valence-electron chi connectivity index (χ4n) is 2.36. The Morgan fingerprint density at radius 2 is 2.13 bits per heavy atom. The molecule has 0 aliphatic carbocycles. The van der Waals surface area contributed by atoms with Gasteiger partial charge in [0.2, 0.25) is 0 Å². The Labute approximate surface area is 137 Å². The van der Waals surface area contributed by atoms with Crippen molar-refractivity contribution in [1.29, 1.82) is 0 Å². The van der Waals surface area contributed by atoms with Crippen molar-refractivity contribution in [3.8, 4) is 0 Å². The van der Waals surface area contributed by atoms with Crippen LogP contribution in [0.1, 0.15) is 32.1 Å². The first-order valence-electron chi connectivity index (χ1n) is 7.06. The molecule has 8 nitrogen and oxygen atoms in total. The molecule has 3 atom stereocenters. The zero-order valence-corrected chi connectivity index (χ0v) is 13.8. The van der Waals surface area contributed by atoms with Gasteiger partial charge in [0.1, 0.15) is 25.0 Å². The van der Waals surface area contributed by atoms with E-state index in [1.807, 2.05) is 0 Å². The largest absolute Gasteiger partial charge is 0.463 e. The van der Waals surface area contributed by atoms with Gasteiger partial charge >= 0.3 is 11.9 Å². The van der Waals surface area contributed by atoms with Crippen LogP contribution in [-0.2, 0) is 23.8 Å². The fourth-order valence-corrected chi connectivity index (χ4v) is 2.62. The summed E-state index contributed by atoms with van der Waals surface area (Å²) >= 11 is 5.14. The normalized spacial score (nSPS) is 23.5. The minimum absolute atomic E-state index is 0.0283. The number of hydrogen-bond donors (Lipinski definition) is 1. The molecule has 0 bridgehead atoms. The first-order chi connectivity index (χ1) is 10.8. The SMILES string of the molecule is CC(=O)OC[C@H]1O[C@@H](n2cc(C)c(=O)[nH]c2=S)C[C@@H]1OC(C)=O. The molecule has 0 spiro atoms. The summed E-state index contributed by atoms with van der Waals surface area (Å²) in [6.45, 7) is 4.21. The lowest BCUT2D eigenvalue weighted by molar-refractivity contribution is -0.155. The van der Waals surface area contributed by atoms with Crippen LogP contribution in [-0.4, -0.2) is 40.3 Å². The van der Waals surface area contributed by atoms with Crippen LogP contribution in [0.3, 0.4) is 0 Å². The lowest BCUT2D eigenvalue weighted by atomic mass is 10.2. The molecule has 0 saturated carbocycles. The van der Waals surface area contributed by atoms with Crippen LogP contribution in [0.2, 0.25) is 0 Å². The number of rotatable bonds is 4. The van der Waals surface area contributed by atoms with Gasteiger partial charge in [0.25, 0.3) is 5.56 Å². The quantitative estimate of drug-likeness (QED) is 0.643. The number of aromatic amines is 1. The van der Waals surface area contributed by atoms with Crippen LogP contribution >= 0.6 is 12.2 Å². The highest BCUT2D eigenvalue weighted by Crippen LogP contribution is 2.31. The number of nitrogens with one attached hydrogen (secondary N) is 1. The Bertz CT molecular complexity index is 725. The summed E-state index contributed by atoms with van der Waals surface area (Å²) in [7, 11) is 0. The first kappa shape index (κ1) is 17.4. The van der Waals surface area contributed by atoms with Gasteiger partial charge in [-0.15, -0.1) is 0 Å². The van der Waals surface area contributed by atoms with E-state index in [-0.39, 0.29) is 16.9 Å². The summed E-state index contributed by atoms with van der Waals surface area (Å²) in [5, 5.41) is 0. The Morgan fingerprint density at radius 3 is 2.74 bits per heavy atom. The third-order valence-corrected chi connectivity index (χ3v) is 3.72. The maximum absolute atomic E-state index is 11.6. The van der Waals surface area contributed by atoms with Crippen molar-refractivity contribution in [3.05, 3.63) is 26.9 Å². The van der Waals surface area contributed by atoms with Crippen molar-refractivity contribution in [2.24, 2.45) is 0 Å². The Hall–Kier alpha value is -2.00. The number of H-pyrrole nitrogens is 1. The van der Waals surface area contributed by atoms with Crippen LogP contribution in [0.5, 0.6) is 0 Å². The van der Waals surface area contributed by atoms with Gasteiger partial charge in [-0.2, -0.15) is 0 Å². The third-order valence-electron chi connectivity index (χ3n) is 3.40. The van der Waals surface area contributed by atoms with Gasteiger partial charge in [-0.3, -0.25) is 23.9 Å². The molecule has 9 heteroatoms. The van der Waals surface area contributed by atoms with Crippen molar-refractivity contribution in [1.82, 2.24) is 9.55 Å². The van der Waals surface area contributed by atoms with E-state index in [9.17, 15) is 14.4 Å². The molecular formula is C14H18N2O6S. The Morgan fingerprint density at radius 1 is 1.43 bits per heavy atom. The summed E-state index contributed by atoms with van der Waals surface area (Å²) in [5.74, 6) is -0.900. The molecule has 126 valence electrons. The molecule has 2 rings (SSSR count). The number of nitrogens with zero attached hydrogens (tertiary/aromatic N) is 1. The van der Waals surface area contributed by atoms with Crippen molar-refractivity contribution in [3.63, 3.8) is 0 Å². The van der Waals surface area contributed by atoms with Crippen LogP contribution < -0.4 is 5.56 Å². The number of carbonyl (C=O) groups is 2. The zero-order valence-electron chi connectivity index (χ0n) is 13.0. The smallest absolute Gasteiger partial charge is 0.303 e. The van der Waals surface area contributed by atoms with Crippen molar-refractivity contribution >= 4 is 24.2 Å². The van der Waals surface area contributed by atoms with Crippen LogP contribution in [0.4, 0.5) is 0 Å². The number of aromatic nitrogens is 2. The van der Waals surface area contributed by atoms with Gasteiger partial charge in [-0.05, 0) is 19.1 Å². The molecule has 1 N–H and O–H groups in total. The number of hydrogen-bond acceptors (Lipinski definition) is 7. The second kappa shape index (κ2) is 7.05. The Kier molecular flexibility index (Phi) is 5.32. The van der Waals surface area contributed by atoms with Crippen LogP contribution in [0.25, 0.3) is 0 Å². The maximum Gasteiger partial charge on any atom is 0.303 e. The monoisotopic (exact) mass is 342 g/mol. The number of aryl methyl sites for hydroxylation is 1. The topological polar surface area (TPSA) is 99.6 Å². The van der Waals surface area contributed by atoms with E-state index in [1.54, 1.807) is 17.7 Å². The lowest BCUT2D eigenvalue weighted by Crippen LogP contribution is -2.31. The van der Waals surface area contributed by atoms with E-state index in [0.717, 1.165) is 0 Å². The maximum atomic E-state index is 11.6. The fraction of sp³-hybridized carbons (Fsp3) is 0.571. The predicted octanol–water partition coefficient (Wildman–Crippen LogP) is 0.997. The van der Waals surface area contributed by atoms with Gasteiger partial charge in [0.15, 0.2) is 4.77 Å². The highest BCUT2D eigenvalue weighted by molar-refractivity contribution is 7.71. The highest BCUT2D eigenvalue weighted by Gasteiger charge is 2.39. The molecule has 0 radical (unpaired) electrons. The van der Waals surface area contributed by atoms with E-state index in [1.165, 1.54) is 13.8 Å². The second-order valence-electron chi connectivity index (χ2n) is 5.29. The van der Waals surface area contributed by atoms with E-state index < -0.39 is 30.4 Å². The first-order valence-corrected chi connectivity index (χ1v) is 7.47. The molecule has 1 aliphatic rings. The van der Waals surface area contributed by atoms with Crippen molar-refractivity contribution < 1.29 is 23.8 Å². The minimum atomic E-state index is -0.595. The summed E-state index contributed by atoms with van der Waals surface area (Å²) in [5.41, 5.74) is 0.215. The van der Waals surface area contributed by atoms with E-state index in [4.69, 9.17) is 26.4 Å². The molecule has 2 heterocycles. The van der Waals surface area contributed by atoms with Gasteiger partial charge in [0.05, 0.1) is 0 Å². The molecule has 23 heavy (non-hydrogen) atoms. The third kappa shape index (κ3) is 4.26. The molecule has 1 aromatic heterocycles.